The van der Waals surface area contributed by atoms with Gasteiger partial charge in [-0.05, 0) is 30.3 Å². The van der Waals surface area contributed by atoms with Gasteiger partial charge < -0.3 is 5.73 Å². The van der Waals surface area contributed by atoms with E-state index in [9.17, 15) is 16.8 Å². The second-order valence-corrected chi connectivity index (χ2v) is 10.2. The summed E-state index contributed by atoms with van der Waals surface area (Å²) in [5.41, 5.74) is 6.07. The molecule has 2 aromatic rings. The van der Waals surface area contributed by atoms with E-state index in [1.807, 2.05) is 0 Å². The summed E-state index contributed by atoms with van der Waals surface area (Å²) >= 11 is 12.0. The molecule has 0 saturated carbocycles. The molecule has 0 aliphatic carbocycles. The number of hydrogen-bond donors (Lipinski definition) is 1. The molecular formula is C16H14Cl2N2O4S2. The van der Waals surface area contributed by atoms with Crippen LogP contribution in [0.4, 0.5) is 11.4 Å². The molecule has 26 heavy (non-hydrogen) atoms. The van der Waals surface area contributed by atoms with Crippen LogP contribution in [0.25, 0.3) is 0 Å². The fourth-order valence-electron chi connectivity index (χ4n) is 2.61. The number of nitrogen functional groups attached to an aromatic ring is 1. The fraction of sp³-hybridized carbons (Fsp3) is 0.125. The van der Waals surface area contributed by atoms with E-state index in [0.29, 0.717) is 5.69 Å². The van der Waals surface area contributed by atoms with Crippen molar-refractivity contribution in [3.63, 3.8) is 0 Å². The Labute approximate surface area is 161 Å². The molecule has 138 valence electrons. The van der Waals surface area contributed by atoms with E-state index in [-0.39, 0.29) is 26.4 Å². The third kappa shape index (κ3) is 3.55. The predicted molar refractivity (Wildman–Crippen MR) is 104 cm³/mol. The van der Waals surface area contributed by atoms with Crippen LogP contribution in [0.2, 0.25) is 10.0 Å². The van der Waals surface area contributed by atoms with Gasteiger partial charge >= 0.3 is 0 Å². The third-order valence-corrected chi connectivity index (χ3v) is 7.67. The van der Waals surface area contributed by atoms with E-state index >= 15 is 0 Å². The fourth-order valence-corrected chi connectivity index (χ4v) is 6.25. The SMILES string of the molecule is Nc1c(Cl)cc(S(=O)(=O)N(c2ccccc2)[C@H]2C=CS(=O)(=O)C2)cc1Cl. The Morgan fingerprint density at radius 1 is 1.08 bits per heavy atom. The van der Waals surface area contributed by atoms with E-state index in [1.165, 1.54) is 18.2 Å². The molecule has 0 unspecified atom stereocenters. The van der Waals surface area contributed by atoms with Crippen LogP contribution in [-0.4, -0.2) is 28.6 Å². The molecule has 2 aromatic carbocycles. The highest BCUT2D eigenvalue weighted by molar-refractivity contribution is 7.95. The Balaban J connectivity index is 2.17. The summed E-state index contributed by atoms with van der Waals surface area (Å²) in [4.78, 5) is -0.178. The third-order valence-electron chi connectivity index (χ3n) is 3.83. The van der Waals surface area contributed by atoms with Crippen molar-refractivity contribution in [1.29, 1.82) is 0 Å². The van der Waals surface area contributed by atoms with Crippen molar-refractivity contribution in [2.75, 3.05) is 15.8 Å². The molecule has 6 nitrogen and oxygen atoms in total. The number of sulfonamides is 1. The predicted octanol–water partition coefficient (Wildman–Crippen LogP) is 3.08. The Bertz CT molecular complexity index is 1060. The number of halogens is 2. The number of nitrogens with zero attached hydrogens (tertiary/aromatic N) is 1. The molecule has 3 rings (SSSR count). The first kappa shape index (κ1) is 19.0. The maximum absolute atomic E-state index is 13.3. The van der Waals surface area contributed by atoms with Gasteiger partial charge in [0, 0.05) is 5.41 Å². The van der Waals surface area contributed by atoms with E-state index in [4.69, 9.17) is 28.9 Å². The van der Waals surface area contributed by atoms with Gasteiger partial charge in [-0.25, -0.2) is 16.8 Å². The van der Waals surface area contributed by atoms with Crippen molar-refractivity contribution in [2.45, 2.75) is 10.9 Å². The van der Waals surface area contributed by atoms with Gasteiger partial charge in [0.2, 0.25) is 0 Å². The maximum Gasteiger partial charge on any atom is 0.265 e. The molecule has 1 aliphatic heterocycles. The number of nitrogens with two attached hydrogens (primary N) is 1. The Morgan fingerprint density at radius 3 is 2.15 bits per heavy atom. The number of rotatable bonds is 4. The number of anilines is 2. The number of benzene rings is 2. The summed E-state index contributed by atoms with van der Waals surface area (Å²) in [7, 11) is -7.63. The minimum atomic E-state index is -4.16. The normalized spacial score (nSPS) is 18.8. The van der Waals surface area contributed by atoms with Crippen LogP contribution in [0.5, 0.6) is 0 Å². The van der Waals surface area contributed by atoms with Crippen LogP contribution in [0.3, 0.4) is 0 Å². The largest absolute Gasteiger partial charge is 0.396 e. The molecule has 0 radical (unpaired) electrons. The molecular weight excluding hydrogens is 419 g/mol. The summed E-state index contributed by atoms with van der Waals surface area (Å²) in [5, 5.41) is 1.02. The first-order valence-electron chi connectivity index (χ1n) is 7.37. The molecule has 10 heteroatoms. The molecule has 0 bridgehead atoms. The van der Waals surface area contributed by atoms with E-state index in [2.05, 4.69) is 0 Å². The van der Waals surface area contributed by atoms with Gasteiger partial charge in [0.25, 0.3) is 10.0 Å². The Hall–Kier alpha value is -1.74. The number of para-hydroxylation sites is 1. The minimum Gasteiger partial charge on any atom is -0.396 e. The lowest BCUT2D eigenvalue weighted by Gasteiger charge is -2.29. The molecule has 2 N–H and O–H groups in total. The number of sulfone groups is 1. The smallest absolute Gasteiger partial charge is 0.265 e. The Kier molecular flexibility index (Phi) is 4.96. The molecule has 1 aliphatic rings. The van der Waals surface area contributed by atoms with E-state index < -0.39 is 25.9 Å². The van der Waals surface area contributed by atoms with Gasteiger partial charge in [-0.15, -0.1) is 0 Å². The molecule has 0 aromatic heterocycles. The lowest BCUT2D eigenvalue weighted by molar-refractivity contribution is 0.586. The zero-order valence-electron chi connectivity index (χ0n) is 13.2. The Morgan fingerprint density at radius 2 is 1.65 bits per heavy atom. The zero-order valence-corrected chi connectivity index (χ0v) is 16.4. The lowest BCUT2D eigenvalue weighted by Crippen LogP contribution is -2.41. The van der Waals surface area contributed by atoms with Crippen LogP contribution in [0, 0.1) is 0 Å². The summed E-state index contributed by atoms with van der Waals surface area (Å²) in [6, 6.07) is 9.72. The highest BCUT2D eigenvalue weighted by Gasteiger charge is 2.36. The molecule has 0 spiro atoms. The van der Waals surface area contributed by atoms with Gasteiger partial charge in [-0.3, -0.25) is 4.31 Å². The summed E-state index contributed by atoms with van der Waals surface area (Å²) in [6.07, 6.45) is 1.35. The van der Waals surface area contributed by atoms with Crippen molar-refractivity contribution in [3.05, 3.63) is 64.0 Å². The van der Waals surface area contributed by atoms with E-state index in [1.54, 1.807) is 30.3 Å². The van der Waals surface area contributed by atoms with Crippen LogP contribution < -0.4 is 10.0 Å². The molecule has 0 amide bonds. The van der Waals surface area contributed by atoms with Crippen LogP contribution in [0.1, 0.15) is 0 Å². The minimum absolute atomic E-state index is 0.00123. The average molecular weight is 433 g/mol. The number of hydrogen-bond acceptors (Lipinski definition) is 5. The van der Waals surface area contributed by atoms with Crippen molar-refractivity contribution < 1.29 is 16.8 Å². The van der Waals surface area contributed by atoms with Crippen molar-refractivity contribution >= 4 is 54.4 Å². The maximum atomic E-state index is 13.3. The lowest BCUT2D eigenvalue weighted by atomic mass is 10.2. The quantitative estimate of drug-likeness (QED) is 0.748. The summed E-state index contributed by atoms with van der Waals surface area (Å²) < 4.78 is 51.3. The monoisotopic (exact) mass is 432 g/mol. The van der Waals surface area contributed by atoms with Gasteiger partial charge in [-0.1, -0.05) is 41.4 Å². The summed E-state index contributed by atoms with van der Waals surface area (Å²) in [5.74, 6) is -0.350. The molecule has 0 fully saturated rings. The average Bonchev–Trinajstić information content (AvgIpc) is 2.92. The van der Waals surface area contributed by atoms with Crippen molar-refractivity contribution in [3.8, 4) is 0 Å². The van der Waals surface area contributed by atoms with Crippen molar-refractivity contribution in [1.82, 2.24) is 0 Å². The van der Waals surface area contributed by atoms with Crippen molar-refractivity contribution in [2.24, 2.45) is 0 Å². The summed E-state index contributed by atoms with van der Waals surface area (Å²) in [6.45, 7) is 0. The van der Waals surface area contributed by atoms with Crippen LogP contribution >= 0.6 is 23.2 Å². The topological polar surface area (TPSA) is 97.5 Å². The molecule has 1 atom stereocenters. The second kappa shape index (κ2) is 6.77. The standard InChI is InChI=1S/C16H14Cl2N2O4S2/c17-14-8-13(9-15(18)16(14)19)26(23,24)20(11-4-2-1-3-5-11)12-6-7-25(21,22)10-12/h1-9,12H,10,19H2/t12-/m0/s1. The highest BCUT2D eigenvalue weighted by atomic mass is 35.5. The van der Waals surface area contributed by atoms with Crippen LogP contribution in [-0.2, 0) is 19.9 Å². The second-order valence-electron chi connectivity index (χ2n) is 5.66. The molecule has 1 heterocycles. The molecule has 0 saturated heterocycles. The van der Waals surface area contributed by atoms with Gasteiger partial charge in [0.05, 0.1) is 38.1 Å². The van der Waals surface area contributed by atoms with Gasteiger partial charge in [0.1, 0.15) is 0 Å². The zero-order chi connectivity index (χ0) is 19.1. The first-order valence-corrected chi connectivity index (χ1v) is 11.3. The first-order chi connectivity index (χ1) is 12.1. The van der Waals surface area contributed by atoms with Crippen LogP contribution in [0.15, 0.2) is 58.8 Å². The van der Waals surface area contributed by atoms with Gasteiger partial charge in [0.15, 0.2) is 9.84 Å². The highest BCUT2D eigenvalue weighted by Crippen LogP contribution is 2.35. The van der Waals surface area contributed by atoms with E-state index in [0.717, 1.165) is 9.71 Å². The van der Waals surface area contributed by atoms with Gasteiger partial charge in [-0.2, -0.15) is 0 Å².